The van der Waals surface area contributed by atoms with Gasteiger partial charge < -0.3 is 0 Å². The standard InChI is InChI=1S/C9H8FNO3/c1-5-8(11(13)14)4-3-7(10)9(5)6(2)12/h3-4H,1-2H3. The van der Waals surface area contributed by atoms with Crippen LogP contribution < -0.4 is 0 Å². The van der Waals surface area contributed by atoms with Crippen LogP contribution in [0.4, 0.5) is 10.1 Å². The molecule has 1 rings (SSSR count). The lowest BCUT2D eigenvalue weighted by molar-refractivity contribution is -0.385. The van der Waals surface area contributed by atoms with Gasteiger partial charge in [-0.05, 0) is 19.9 Å². The van der Waals surface area contributed by atoms with Crippen molar-refractivity contribution in [3.8, 4) is 0 Å². The number of rotatable bonds is 2. The molecule has 0 fully saturated rings. The predicted molar refractivity (Wildman–Crippen MR) is 47.8 cm³/mol. The van der Waals surface area contributed by atoms with Crippen LogP contribution in [0.15, 0.2) is 12.1 Å². The van der Waals surface area contributed by atoms with Crippen LogP contribution in [-0.4, -0.2) is 10.7 Å². The molecule has 0 heterocycles. The molecule has 0 N–H and O–H groups in total. The van der Waals surface area contributed by atoms with Gasteiger partial charge in [-0.15, -0.1) is 0 Å². The number of benzene rings is 1. The molecule has 0 aliphatic heterocycles. The highest BCUT2D eigenvalue weighted by atomic mass is 19.1. The summed E-state index contributed by atoms with van der Waals surface area (Å²) in [7, 11) is 0. The Labute approximate surface area is 79.5 Å². The molecular formula is C9H8FNO3. The zero-order valence-corrected chi connectivity index (χ0v) is 7.70. The molecule has 0 aromatic heterocycles. The molecule has 0 atom stereocenters. The van der Waals surface area contributed by atoms with Gasteiger partial charge in [0.2, 0.25) is 0 Å². The molecule has 0 spiro atoms. The third-order valence-corrected chi connectivity index (χ3v) is 1.93. The number of Topliss-reactive ketones (excluding diaryl/α,β-unsaturated/α-hetero) is 1. The first kappa shape index (κ1) is 10.3. The van der Waals surface area contributed by atoms with Crippen LogP contribution in [0.25, 0.3) is 0 Å². The molecule has 5 heteroatoms. The normalized spacial score (nSPS) is 9.93. The van der Waals surface area contributed by atoms with Crippen molar-refractivity contribution in [2.75, 3.05) is 0 Å². The van der Waals surface area contributed by atoms with Crippen molar-refractivity contribution in [3.05, 3.63) is 39.2 Å². The molecule has 0 saturated heterocycles. The average molecular weight is 197 g/mol. The van der Waals surface area contributed by atoms with Crippen LogP contribution >= 0.6 is 0 Å². The minimum atomic E-state index is -0.722. The van der Waals surface area contributed by atoms with E-state index in [0.717, 1.165) is 12.1 Å². The molecule has 1 aromatic rings. The SMILES string of the molecule is CC(=O)c1c(F)ccc([N+](=O)[O-])c1C. The number of nitrogens with zero attached hydrogens (tertiary/aromatic N) is 1. The van der Waals surface area contributed by atoms with Crippen molar-refractivity contribution < 1.29 is 14.1 Å². The summed E-state index contributed by atoms with van der Waals surface area (Å²) < 4.78 is 13.1. The molecule has 74 valence electrons. The fraction of sp³-hybridized carbons (Fsp3) is 0.222. The summed E-state index contributed by atoms with van der Waals surface area (Å²) in [5.41, 5.74) is -0.377. The molecular weight excluding hydrogens is 189 g/mol. The molecule has 0 aliphatic rings. The molecule has 0 bridgehead atoms. The minimum absolute atomic E-state index is 0.0718. The summed E-state index contributed by atoms with van der Waals surface area (Å²) in [6, 6.07) is 1.99. The Hall–Kier alpha value is -1.78. The zero-order chi connectivity index (χ0) is 10.9. The van der Waals surface area contributed by atoms with E-state index in [2.05, 4.69) is 0 Å². The van der Waals surface area contributed by atoms with Crippen molar-refractivity contribution in [2.45, 2.75) is 13.8 Å². The Morgan fingerprint density at radius 1 is 1.50 bits per heavy atom. The molecule has 4 nitrogen and oxygen atoms in total. The average Bonchev–Trinajstić information content (AvgIpc) is 2.02. The van der Waals surface area contributed by atoms with Gasteiger partial charge in [-0.25, -0.2) is 4.39 Å². The summed E-state index contributed by atoms with van der Waals surface area (Å²) in [6.45, 7) is 2.53. The fourth-order valence-electron chi connectivity index (χ4n) is 1.30. The molecule has 0 aliphatic carbocycles. The first-order valence-electron chi connectivity index (χ1n) is 3.89. The number of hydrogen-bond acceptors (Lipinski definition) is 3. The molecule has 0 saturated carbocycles. The van der Waals surface area contributed by atoms with Gasteiger partial charge in [-0.3, -0.25) is 14.9 Å². The molecule has 0 unspecified atom stereocenters. The van der Waals surface area contributed by atoms with Gasteiger partial charge in [0.15, 0.2) is 5.78 Å². The third kappa shape index (κ3) is 1.61. The Morgan fingerprint density at radius 2 is 2.07 bits per heavy atom. The number of nitro benzene ring substituents is 1. The Balaban J connectivity index is 3.49. The second-order valence-corrected chi connectivity index (χ2v) is 2.88. The Kier molecular flexibility index (Phi) is 2.60. The van der Waals surface area contributed by atoms with Crippen LogP contribution in [0.5, 0.6) is 0 Å². The van der Waals surface area contributed by atoms with E-state index in [1.165, 1.54) is 13.8 Å². The number of nitro groups is 1. The van der Waals surface area contributed by atoms with Crippen molar-refractivity contribution in [1.82, 2.24) is 0 Å². The molecule has 0 radical (unpaired) electrons. The molecule has 1 aromatic carbocycles. The van der Waals surface area contributed by atoms with Crippen LogP contribution in [-0.2, 0) is 0 Å². The van der Waals surface area contributed by atoms with Crippen LogP contribution in [0.2, 0.25) is 0 Å². The van der Waals surface area contributed by atoms with E-state index in [4.69, 9.17) is 0 Å². The largest absolute Gasteiger partial charge is 0.294 e. The Bertz CT molecular complexity index is 415. The maximum atomic E-state index is 13.1. The van der Waals surface area contributed by atoms with E-state index in [-0.39, 0.29) is 16.8 Å². The lowest BCUT2D eigenvalue weighted by atomic mass is 10.0. The second-order valence-electron chi connectivity index (χ2n) is 2.88. The first-order valence-corrected chi connectivity index (χ1v) is 3.89. The lowest BCUT2D eigenvalue weighted by Crippen LogP contribution is -2.03. The smallest absolute Gasteiger partial charge is 0.273 e. The lowest BCUT2D eigenvalue weighted by Gasteiger charge is -2.03. The second kappa shape index (κ2) is 3.53. The van der Waals surface area contributed by atoms with Gasteiger partial charge in [0, 0.05) is 11.6 Å². The minimum Gasteiger partial charge on any atom is -0.294 e. The van der Waals surface area contributed by atoms with Gasteiger partial charge in [0.25, 0.3) is 5.69 Å². The van der Waals surface area contributed by atoms with Gasteiger partial charge in [-0.2, -0.15) is 0 Å². The van der Waals surface area contributed by atoms with Crippen molar-refractivity contribution in [3.63, 3.8) is 0 Å². The Morgan fingerprint density at radius 3 is 2.50 bits per heavy atom. The summed E-state index contributed by atoms with van der Waals surface area (Å²) in [6.07, 6.45) is 0. The third-order valence-electron chi connectivity index (χ3n) is 1.93. The molecule has 0 amide bonds. The van der Waals surface area contributed by atoms with E-state index in [9.17, 15) is 19.3 Å². The summed E-state index contributed by atoms with van der Waals surface area (Å²) in [4.78, 5) is 20.8. The fourth-order valence-corrected chi connectivity index (χ4v) is 1.30. The maximum absolute atomic E-state index is 13.1. The molecule has 14 heavy (non-hydrogen) atoms. The highest BCUT2D eigenvalue weighted by Gasteiger charge is 2.19. The van der Waals surface area contributed by atoms with Crippen LogP contribution in [0, 0.1) is 22.9 Å². The number of carbonyl (C=O) groups excluding carboxylic acids is 1. The number of halogens is 1. The maximum Gasteiger partial charge on any atom is 0.273 e. The highest BCUT2D eigenvalue weighted by molar-refractivity contribution is 5.96. The van der Waals surface area contributed by atoms with E-state index in [0.29, 0.717) is 0 Å². The topological polar surface area (TPSA) is 60.2 Å². The van der Waals surface area contributed by atoms with Gasteiger partial charge in [-0.1, -0.05) is 0 Å². The quantitative estimate of drug-likeness (QED) is 0.415. The monoisotopic (exact) mass is 197 g/mol. The number of ketones is 1. The van der Waals surface area contributed by atoms with E-state index >= 15 is 0 Å². The van der Waals surface area contributed by atoms with Crippen molar-refractivity contribution >= 4 is 11.5 Å². The summed E-state index contributed by atoms with van der Waals surface area (Å²) >= 11 is 0. The van der Waals surface area contributed by atoms with Crippen molar-refractivity contribution in [1.29, 1.82) is 0 Å². The van der Waals surface area contributed by atoms with Gasteiger partial charge >= 0.3 is 0 Å². The van der Waals surface area contributed by atoms with Gasteiger partial charge in [0.1, 0.15) is 5.82 Å². The van der Waals surface area contributed by atoms with E-state index < -0.39 is 16.5 Å². The first-order chi connectivity index (χ1) is 6.45. The summed E-state index contributed by atoms with van der Waals surface area (Å²) in [5.74, 6) is -1.23. The number of carbonyl (C=O) groups is 1. The van der Waals surface area contributed by atoms with Gasteiger partial charge in [0.05, 0.1) is 10.5 Å². The van der Waals surface area contributed by atoms with Crippen LogP contribution in [0.3, 0.4) is 0 Å². The van der Waals surface area contributed by atoms with E-state index in [1.54, 1.807) is 0 Å². The number of hydrogen-bond donors (Lipinski definition) is 0. The van der Waals surface area contributed by atoms with Crippen molar-refractivity contribution in [2.24, 2.45) is 0 Å². The van der Waals surface area contributed by atoms with Crippen LogP contribution in [0.1, 0.15) is 22.8 Å². The van der Waals surface area contributed by atoms with E-state index in [1.807, 2.05) is 0 Å². The predicted octanol–water partition coefficient (Wildman–Crippen LogP) is 2.24. The highest BCUT2D eigenvalue weighted by Crippen LogP contribution is 2.23. The zero-order valence-electron chi connectivity index (χ0n) is 7.70. The summed E-state index contributed by atoms with van der Waals surface area (Å²) in [5, 5.41) is 10.5.